The Morgan fingerprint density at radius 3 is 2.81 bits per heavy atom. The third-order valence-electron chi connectivity index (χ3n) is 5.02. The number of alkyl halides is 2. The van der Waals surface area contributed by atoms with Crippen LogP contribution in [0, 0.1) is 5.92 Å². The maximum atomic E-state index is 13.4. The van der Waals surface area contributed by atoms with Crippen molar-refractivity contribution in [2.75, 3.05) is 24.6 Å². The number of carboxylic acid groups (broad SMARTS) is 1. The highest BCUT2D eigenvalue weighted by Gasteiger charge is 2.35. The van der Waals surface area contributed by atoms with Crippen molar-refractivity contribution in [1.29, 1.82) is 0 Å². The molecule has 2 atom stereocenters. The Labute approximate surface area is 186 Å². The Kier molecular flexibility index (Phi) is 7.28. The van der Waals surface area contributed by atoms with E-state index in [1.54, 1.807) is 4.90 Å². The van der Waals surface area contributed by atoms with Crippen LogP contribution in [0.25, 0.3) is 0 Å². The summed E-state index contributed by atoms with van der Waals surface area (Å²) in [6.07, 6.45) is 1.76. The van der Waals surface area contributed by atoms with Crippen LogP contribution < -0.4 is 4.90 Å². The lowest BCUT2D eigenvalue weighted by Crippen LogP contribution is -2.47. The number of ether oxygens (including phenoxy) is 1. The summed E-state index contributed by atoms with van der Waals surface area (Å²) in [5, 5.41) is 9.82. The van der Waals surface area contributed by atoms with E-state index < -0.39 is 24.6 Å². The SMILES string of the molecule is CCc1[nH]c(C(=O)C[C@@H]2CCN(c3ncc(C(=O)O)s3)C[C@@H]2OCC(C)(F)F)nc1Cl. The van der Waals surface area contributed by atoms with Crippen LogP contribution in [0.3, 0.4) is 0 Å². The molecule has 12 heteroatoms. The van der Waals surface area contributed by atoms with Gasteiger partial charge in [0.2, 0.25) is 0 Å². The van der Waals surface area contributed by atoms with E-state index >= 15 is 0 Å². The van der Waals surface area contributed by atoms with Gasteiger partial charge in [-0.25, -0.2) is 23.5 Å². The fraction of sp³-hybridized carbons (Fsp3) is 0.579. The average Bonchev–Trinajstić information content (AvgIpc) is 3.33. The minimum absolute atomic E-state index is 0.0685. The molecule has 0 radical (unpaired) electrons. The summed E-state index contributed by atoms with van der Waals surface area (Å²) < 4.78 is 32.4. The molecule has 2 aromatic rings. The van der Waals surface area contributed by atoms with E-state index in [9.17, 15) is 18.4 Å². The van der Waals surface area contributed by atoms with Crippen LogP contribution in [0.4, 0.5) is 13.9 Å². The first-order chi connectivity index (χ1) is 14.6. The van der Waals surface area contributed by atoms with Crippen LogP contribution in [0.15, 0.2) is 6.20 Å². The van der Waals surface area contributed by atoms with Crippen molar-refractivity contribution in [1.82, 2.24) is 15.0 Å². The molecule has 0 saturated carbocycles. The number of hydrogen-bond acceptors (Lipinski definition) is 7. The van der Waals surface area contributed by atoms with E-state index in [0.29, 0.717) is 30.2 Å². The number of imidazole rings is 1. The van der Waals surface area contributed by atoms with Gasteiger partial charge in [-0.1, -0.05) is 29.9 Å². The monoisotopic (exact) mass is 476 g/mol. The van der Waals surface area contributed by atoms with Gasteiger partial charge in [0.1, 0.15) is 11.5 Å². The first-order valence-corrected chi connectivity index (χ1v) is 11.0. The van der Waals surface area contributed by atoms with Crippen LogP contribution in [0.5, 0.6) is 0 Å². The molecular formula is C19H23ClF2N4O4S. The van der Waals surface area contributed by atoms with Gasteiger partial charge in [0.05, 0.1) is 18.0 Å². The number of Topliss-reactive ketones (excluding diaryl/α,β-unsaturated/α-hetero) is 1. The summed E-state index contributed by atoms with van der Waals surface area (Å²) in [4.78, 5) is 36.8. The van der Waals surface area contributed by atoms with Gasteiger partial charge in [-0.3, -0.25) is 4.79 Å². The molecule has 2 aromatic heterocycles. The molecule has 2 N–H and O–H groups in total. The summed E-state index contributed by atoms with van der Waals surface area (Å²) >= 11 is 7.02. The number of nitrogens with zero attached hydrogens (tertiary/aromatic N) is 3. The zero-order valence-electron chi connectivity index (χ0n) is 17.0. The highest BCUT2D eigenvalue weighted by Crippen LogP contribution is 2.32. The van der Waals surface area contributed by atoms with Crippen molar-refractivity contribution in [3.05, 3.63) is 27.7 Å². The summed E-state index contributed by atoms with van der Waals surface area (Å²) in [7, 11) is 0. The van der Waals surface area contributed by atoms with E-state index in [-0.39, 0.29) is 40.5 Å². The quantitative estimate of drug-likeness (QED) is 0.528. The number of halogens is 3. The number of rotatable bonds is 9. The molecule has 3 rings (SSSR count). The highest BCUT2D eigenvalue weighted by atomic mass is 35.5. The second kappa shape index (κ2) is 9.58. The fourth-order valence-corrected chi connectivity index (χ4v) is 4.47. The zero-order chi connectivity index (χ0) is 22.8. The van der Waals surface area contributed by atoms with Crippen molar-refractivity contribution in [3.8, 4) is 0 Å². The van der Waals surface area contributed by atoms with Crippen LogP contribution in [-0.4, -0.2) is 63.5 Å². The number of H-pyrrole nitrogens is 1. The van der Waals surface area contributed by atoms with Gasteiger partial charge in [0, 0.05) is 26.4 Å². The number of anilines is 1. The Morgan fingerprint density at radius 1 is 1.48 bits per heavy atom. The van der Waals surface area contributed by atoms with Gasteiger partial charge in [0.15, 0.2) is 21.9 Å². The summed E-state index contributed by atoms with van der Waals surface area (Å²) in [5.74, 6) is -4.52. The average molecular weight is 477 g/mol. The molecule has 0 bridgehead atoms. The molecule has 31 heavy (non-hydrogen) atoms. The van der Waals surface area contributed by atoms with Crippen molar-refractivity contribution in [2.24, 2.45) is 5.92 Å². The van der Waals surface area contributed by atoms with Gasteiger partial charge in [-0.2, -0.15) is 0 Å². The molecule has 0 amide bonds. The van der Waals surface area contributed by atoms with Gasteiger partial charge >= 0.3 is 5.97 Å². The van der Waals surface area contributed by atoms with Crippen LogP contribution >= 0.6 is 22.9 Å². The molecule has 3 heterocycles. The minimum atomic E-state index is -3.01. The lowest BCUT2D eigenvalue weighted by Gasteiger charge is -2.38. The number of carboxylic acids is 1. The topological polar surface area (TPSA) is 108 Å². The molecule has 8 nitrogen and oxygen atoms in total. The second-order valence-corrected chi connectivity index (χ2v) is 8.93. The number of aromatic amines is 1. The predicted molar refractivity (Wildman–Crippen MR) is 112 cm³/mol. The molecule has 1 fully saturated rings. The normalized spacial score (nSPS) is 19.6. The Morgan fingerprint density at radius 2 is 2.23 bits per heavy atom. The number of nitrogens with one attached hydrogen (secondary N) is 1. The van der Waals surface area contributed by atoms with Crippen molar-refractivity contribution in [3.63, 3.8) is 0 Å². The number of aromatic nitrogens is 3. The maximum Gasteiger partial charge on any atom is 0.347 e. The van der Waals surface area contributed by atoms with Gasteiger partial charge in [-0.15, -0.1) is 0 Å². The molecule has 0 spiro atoms. The lowest BCUT2D eigenvalue weighted by atomic mass is 9.89. The summed E-state index contributed by atoms with van der Waals surface area (Å²) in [6, 6.07) is 0. The first-order valence-electron chi connectivity index (χ1n) is 9.78. The van der Waals surface area contributed by atoms with Crippen LogP contribution in [-0.2, 0) is 11.2 Å². The number of thiazole rings is 1. The number of carbonyl (C=O) groups excluding carboxylic acids is 1. The van der Waals surface area contributed by atoms with Gasteiger partial charge < -0.3 is 19.7 Å². The molecule has 0 aromatic carbocycles. The van der Waals surface area contributed by atoms with Crippen molar-refractivity contribution < 1.29 is 28.2 Å². The molecule has 1 saturated heterocycles. The Bertz CT molecular complexity index is 946. The molecular weight excluding hydrogens is 454 g/mol. The van der Waals surface area contributed by atoms with Gasteiger partial charge in [-0.05, 0) is 18.8 Å². The smallest absolute Gasteiger partial charge is 0.347 e. The van der Waals surface area contributed by atoms with E-state index in [1.807, 2.05) is 6.92 Å². The van der Waals surface area contributed by atoms with E-state index in [4.69, 9.17) is 21.4 Å². The maximum absolute atomic E-state index is 13.4. The fourth-order valence-electron chi connectivity index (χ4n) is 3.41. The Balaban J connectivity index is 1.73. The van der Waals surface area contributed by atoms with Gasteiger partial charge in [0.25, 0.3) is 5.92 Å². The molecule has 0 aliphatic carbocycles. The second-order valence-electron chi connectivity index (χ2n) is 7.56. The number of aromatic carboxylic acids is 1. The summed E-state index contributed by atoms with van der Waals surface area (Å²) in [6.45, 7) is 2.59. The third kappa shape index (κ3) is 5.98. The third-order valence-corrected chi connectivity index (χ3v) is 6.37. The molecule has 1 aliphatic heterocycles. The minimum Gasteiger partial charge on any atom is -0.477 e. The summed E-state index contributed by atoms with van der Waals surface area (Å²) in [5.41, 5.74) is 0.663. The zero-order valence-corrected chi connectivity index (χ0v) is 18.6. The number of piperidine rings is 1. The van der Waals surface area contributed by atoms with E-state index in [0.717, 1.165) is 18.3 Å². The van der Waals surface area contributed by atoms with Crippen LogP contribution in [0.1, 0.15) is 52.7 Å². The van der Waals surface area contributed by atoms with Crippen molar-refractivity contribution >= 4 is 39.8 Å². The predicted octanol–water partition coefficient (Wildman–Crippen LogP) is 3.92. The molecule has 170 valence electrons. The first kappa shape index (κ1) is 23.6. The number of hydrogen-bond donors (Lipinski definition) is 2. The molecule has 1 aliphatic rings. The standard InChI is InChI=1S/C19H23ClF2N4O4S/c1-3-11-15(20)25-16(24-11)12(27)6-10-4-5-26(8-13(10)30-9-19(2,21)22)18-23-7-14(31-18)17(28)29/h7,10,13H,3-6,8-9H2,1-2H3,(H,24,25)(H,28,29)/t10-,13-/m0/s1. The number of carbonyl (C=O) groups is 2. The highest BCUT2D eigenvalue weighted by molar-refractivity contribution is 7.17. The van der Waals surface area contributed by atoms with Crippen LogP contribution in [0.2, 0.25) is 5.15 Å². The Hall–Kier alpha value is -2.11. The largest absolute Gasteiger partial charge is 0.477 e. The van der Waals surface area contributed by atoms with E-state index in [2.05, 4.69) is 15.0 Å². The number of ketones is 1. The molecule has 0 unspecified atom stereocenters. The van der Waals surface area contributed by atoms with Crippen molar-refractivity contribution in [2.45, 2.75) is 45.1 Å². The number of aryl methyl sites for hydroxylation is 1. The van der Waals surface area contributed by atoms with E-state index in [1.165, 1.54) is 6.20 Å². The lowest BCUT2D eigenvalue weighted by molar-refractivity contribution is -0.101.